The van der Waals surface area contributed by atoms with Crippen LogP contribution in [-0.4, -0.2) is 18.0 Å². The normalized spacial score (nSPS) is 14.8. The molecule has 2 atom stereocenters. The second kappa shape index (κ2) is 6.50. The number of halogens is 1. The summed E-state index contributed by atoms with van der Waals surface area (Å²) in [7, 11) is 2.15. The maximum atomic E-state index is 6.20. The topological polar surface area (TPSA) is 29.3 Å². The standard InChI is InChI=1S/C14H19BrN2S2/c1-9-4-5-12(19-9)14(10(2)16)17(3)7-11-6-13(15)18-8-11/h4-6,8,10,14H,7,16H2,1-3H3. The summed E-state index contributed by atoms with van der Waals surface area (Å²) in [5, 5.41) is 2.19. The highest BCUT2D eigenvalue weighted by molar-refractivity contribution is 9.11. The van der Waals surface area contributed by atoms with Crippen LogP contribution in [0.2, 0.25) is 0 Å². The zero-order valence-electron chi connectivity index (χ0n) is 11.4. The van der Waals surface area contributed by atoms with Crippen LogP contribution in [0.4, 0.5) is 0 Å². The van der Waals surface area contributed by atoms with Crippen LogP contribution in [0.25, 0.3) is 0 Å². The molecule has 0 spiro atoms. The number of hydrogen-bond donors (Lipinski definition) is 1. The minimum absolute atomic E-state index is 0.116. The van der Waals surface area contributed by atoms with Gasteiger partial charge >= 0.3 is 0 Å². The largest absolute Gasteiger partial charge is 0.326 e. The minimum Gasteiger partial charge on any atom is -0.326 e. The first kappa shape index (κ1) is 15.2. The zero-order valence-corrected chi connectivity index (χ0v) is 14.6. The Morgan fingerprint density at radius 3 is 2.63 bits per heavy atom. The van der Waals surface area contributed by atoms with E-state index < -0.39 is 0 Å². The van der Waals surface area contributed by atoms with Gasteiger partial charge in [-0.3, -0.25) is 4.90 Å². The molecule has 2 N–H and O–H groups in total. The van der Waals surface area contributed by atoms with Crippen LogP contribution in [0.15, 0.2) is 27.4 Å². The van der Waals surface area contributed by atoms with Crippen molar-refractivity contribution in [2.75, 3.05) is 7.05 Å². The van der Waals surface area contributed by atoms with Crippen molar-refractivity contribution in [1.82, 2.24) is 4.90 Å². The third kappa shape index (κ3) is 3.89. The maximum absolute atomic E-state index is 6.20. The summed E-state index contributed by atoms with van der Waals surface area (Å²) in [5.74, 6) is 0. The number of rotatable bonds is 5. The molecule has 2 unspecified atom stereocenters. The van der Waals surface area contributed by atoms with Crippen molar-refractivity contribution in [1.29, 1.82) is 0 Å². The van der Waals surface area contributed by atoms with E-state index in [-0.39, 0.29) is 12.1 Å². The van der Waals surface area contributed by atoms with E-state index in [4.69, 9.17) is 5.73 Å². The lowest BCUT2D eigenvalue weighted by atomic mass is 10.1. The van der Waals surface area contributed by atoms with Gasteiger partial charge in [0.05, 0.1) is 9.83 Å². The lowest BCUT2D eigenvalue weighted by Crippen LogP contribution is -2.36. The molecule has 0 saturated carbocycles. The summed E-state index contributed by atoms with van der Waals surface area (Å²) in [4.78, 5) is 5.03. The van der Waals surface area contributed by atoms with Gasteiger partial charge in [0, 0.05) is 22.3 Å². The Hall–Kier alpha value is -0.200. The zero-order chi connectivity index (χ0) is 14.0. The van der Waals surface area contributed by atoms with Gasteiger partial charge in [-0.05, 0) is 66.0 Å². The van der Waals surface area contributed by atoms with Crippen LogP contribution >= 0.6 is 38.6 Å². The molecule has 0 aliphatic heterocycles. The van der Waals surface area contributed by atoms with Crippen molar-refractivity contribution in [3.8, 4) is 0 Å². The van der Waals surface area contributed by atoms with Crippen LogP contribution in [0, 0.1) is 6.92 Å². The molecular formula is C14H19BrN2S2. The van der Waals surface area contributed by atoms with E-state index in [9.17, 15) is 0 Å². The van der Waals surface area contributed by atoms with Crippen molar-refractivity contribution in [3.63, 3.8) is 0 Å². The van der Waals surface area contributed by atoms with Gasteiger partial charge in [-0.25, -0.2) is 0 Å². The van der Waals surface area contributed by atoms with Crippen molar-refractivity contribution in [2.24, 2.45) is 5.73 Å². The molecule has 2 aromatic rings. The van der Waals surface area contributed by atoms with Crippen molar-refractivity contribution in [3.05, 3.63) is 42.7 Å². The highest BCUT2D eigenvalue weighted by atomic mass is 79.9. The Balaban J connectivity index is 2.15. The molecule has 0 aliphatic carbocycles. The van der Waals surface area contributed by atoms with E-state index in [1.165, 1.54) is 19.1 Å². The fraction of sp³-hybridized carbons (Fsp3) is 0.429. The van der Waals surface area contributed by atoms with Crippen LogP contribution in [0.5, 0.6) is 0 Å². The van der Waals surface area contributed by atoms with Gasteiger partial charge in [-0.1, -0.05) is 0 Å². The van der Waals surface area contributed by atoms with Gasteiger partial charge < -0.3 is 5.73 Å². The Bertz CT molecular complexity index is 533. The number of nitrogens with zero attached hydrogens (tertiary/aromatic N) is 1. The maximum Gasteiger partial charge on any atom is 0.0701 e. The smallest absolute Gasteiger partial charge is 0.0701 e. The molecule has 0 amide bonds. The van der Waals surface area contributed by atoms with E-state index in [0.29, 0.717) is 0 Å². The first-order valence-electron chi connectivity index (χ1n) is 6.22. The summed E-state index contributed by atoms with van der Waals surface area (Å²) < 4.78 is 1.18. The number of likely N-dealkylation sites (N-methyl/N-ethyl adjacent to an activating group) is 1. The van der Waals surface area contributed by atoms with Crippen molar-refractivity contribution in [2.45, 2.75) is 32.5 Å². The Kier molecular flexibility index (Phi) is 5.20. The molecule has 0 fully saturated rings. The van der Waals surface area contributed by atoms with E-state index in [0.717, 1.165) is 6.54 Å². The summed E-state index contributed by atoms with van der Waals surface area (Å²) in [6, 6.07) is 6.94. The molecule has 2 nitrogen and oxygen atoms in total. The number of hydrogen-bond acceptors (Lipinski definition) is 4. The first-order chi connectivity index (χ1) is 8.97. The van der Waals surface area contributed by atoms with E-state index >= 15 is 0 Å². The van der Waals surface area contributed by atoms with Crippen LogP contribution in [-0.2, 0) is 6.54 Å². The van der Waals surface area contributed by atoms with Crippen LogP contribution < -0.4 is 5.73 Å². The third-order valence-electron chi connectivity index (χ3n) is 3.08. The number of nitrogens with two attached hydrogens (primary N) is 1. The molecule has 0 aromatic carbocycles. The van der Waals surface area contributed by atoms with E-state index in [2.05, 4.69) is 65.3 Å². The molecular weight excluding hydrogens is 340 g/mol. The van der Waals surface area contributed by atoms with Crippen molar-refractivity contribution >= 4 is 38.6 Å². The fourth-order valence-corrected chi connectivity index (χ4v) is 4.66. The van der Waals surface area contributed by atoms with Crippen LogP contribution in [0.3, 0.4) is 0 Å². The number of aryl methyl sites for hydroxylation is 1. The predicted molar refractivity (Wildman–Crippen MR) is 88.9 cm³/mol. The molecule has 2 rings (SSSR count). The molecule has 0 bridgehead atoms. The van der Waals surface area contributed by atoms with Crippen molar-refractivity contribution < 1.29 is 0 Å². The first-order valence-corrected chi connectivity index (χ1v) is 8.71. The molecule has 2 heterocycles. The average Bonchev–Trinajstić information content (AvgIpc) is 2.88. The Labute approximate surface area is 131 Å². The van der Waals surface area contributed by atoms with Crippen LogP contribution in [0.1, 0.15) is 28.3 Å². The van der Waals surface area contributed by atoms with Gasteiger partial charge in [-0.15, -0.1) is 22.7 Å². The molecule has 2 aromatic heterocycles. The molecule has 19 heavy (non-hydrogen) atoms. The summed E-state index contributed by atoms with van der Waals surface area (Å²) in [6.07, 6.45) is 0. The molecule has 104 valence electrons. The lowest BCUT2D eigenvalue weighted by Gasteiger charge is -2.30. The van der Waals surface area contributed by atoms with Gasteiger partial charge in [-0.2, -0.15) is 0 Å². The quantitative estimate of drug-likeness (QED) is 0.857. The summed E-state index contributed by atoms with van der Waals surface area (Å²) in [6.45, 7) is 5.15. The highest BCUT2D eigenvalue weighted by Gasteiger charge is 2.22. The molecule has 0 aliphatic rings. The Morgan fingerprint density at radius 1 is 1.42 bits per heavy atom. The predicted octanol–water partition coefficient (Wildman–Crippen LogP) is 4.40. The number of thiophene rings is 2. The summed E-state index contributed by atoms with van der Waals surface area (Å²) in [5.41, 5.74) is 7.53. The van der Waals surface area contributed by atoms with Gasteiger partial charge in [0.1, 0.15) is 0 Å². The second-order valence-electron chi connectivity index (χ2n) is 4.93. The lowest BCUT2D eigenvalue weighted by molar-refractivity contribution is 0.214. The molecule has 0 radical (unpaired) electrons. The SMILES string of the molecule is Cc1ccc(C(C(C)N)N(C)Cc2csc(Br)c2)s1. The monoisotopic (exact) mass is 358 g/mol. The molecule has 0 saturated heterocycles. The average molecular weight is 359 g/mol. The van der Waals surface area contributed by atoms with Gasteiger partial charge in [0.2, 0.25) is 0 Å². The fourth-order valence-electron chi connectivity index (χ4n) is 2.31. The second-order valence-corrected chi connectivity index (χ2v) is 8.54. The highest BCUT2D eigenvalue weighted by Crippen LogP contribution is 2.31. The summed E-state index contributed by atoms with van der Waals surface area (Å²) >= 11 is 7.08. The van der Waals surface area contributed by atoms with E-state index in [1.807, 2.05) is 11.3 Å². The van der Waals surface area contributed by atoms with Gasteiger partial charge in [0.15, 0.2) is 0 Å². The van der Waals surface area contributed by atoms with E-state index in [1.54, 1.807) is 11.3 Å². The minimum atomic E-state index is 0.116. The van der Waals surface area contributed by atoms with Gasteiger partial charge in [0.25, 0.3) is 0 Å². The third-order valence-corrected chi connectivity index (χ3v) is 5.70. The Morgan fingerprint density at radius 2 is 2.16 bits per heavy atom. The molecule has 5 heteroatoms.